The smallest absolute Gasteiger partial charge is 0.225 e. The van der Waals surface area contributed by atoms with Crippen LogP contribution in [0.2, 0.25) is 0 Å². The van der Waals surface area contributed by atoms with E-state index in [0.29, 0.717) is 49.5 Å². The lowest BCUT2D eigenvalue weighted by atomic mass is 9.97. The summed E-state index contributed by atoms with van der Waals surface area (Å²) >= 11 is 1.41. The number of fused-ring (bicyclic) bond motifs is 1. The van der Waals surface area contributed by atoms with Crippen molar-refractivity contribution in [2.75, 3.05) is 11.9 Å². The maximum Gasteiger partial charge on any atom is 0.225 e. The van der Waals surface area contributed by atoms with Gasteiger partial charge in [0.05, 0.1) is 12.1 Å². The molecule has 4 rings (SSSR count). The van der Waals surface area contributed by atoms with E-state index in [1.54, 1.807) is 6.20 Å². The average Bonchev–Trinajstić information content (AvgIpc) is 3.39. The summed E-state index contributed by atoms with van der Waals surface area (Å²) in [6.45, 7) is 5.60. The number of benzene rings is 1. The van der Waals surface area contributed by atoms with Gasteiger partial charge in [0, 0.05) is 43.2 Å². The minimum atomic E-state index is -0.106. The lowest BCUT2D eigenvalue weighted by Crippen LogP contribution is -2.35. The summed E-state index contributed by atoms with van der Waals surface area (Å²) in [6, 6.07) is 12.2. The predicted molar refractivity (Wildman–Crippen MR) is 128 cm³/mol. The maximum absolute atomic E-state index is 12.8. The average molecular weight is 462 g/mol. The van der Waals surface area contributed by atoms with Gasteiger partial charge in [-0.3, -0.25) is 9.59 Å². The molecule has 170 valence electrons. The number of nitrogens with one attached hydrogen (secondary N) is 1. The van der Waals surface area contributed by atoms with Gasteiger partial charge in [0.15, 0.2) is 0 Å². The minimum absolute atomic E-state index is 0.0820. The van der Waals surface area contributed by atoms with Crippen molar-refractivity contribution in [1.29, 1.82) is 5.26 Å². The molecule has 1 aromatic carbocycles. The summed E-state index contributed by atoms with van der Waals surface area (Å²) < 4.78 is 1.97. The highest BCUT2D eigenvalue weighted by atomic mass is 32.1. The molecule has 2 amide bonds. The number of carbonyl (C=O) groups is 2. The zero-order chi connectivity index (χ0) is 23.4. The van der Waals surface area contributed by atoms with Crippen LogP contribution in [0.5, 0.6) is 0 Å². The first-order valence-electron chi connectivity index (χ1n) is 11.1. The number of amides is 2. The molecule has 0 unspecified atom stereocenters. The molecule has 7 nitrogen and oxygen atoms in total. The van der Waals surface area contributed by atoms with Gasteiger partial charge in [0.1, 0.15) is 16.9 Å². The summed E-state index contributed by atoms with van der Waals surface area (Å²) in [5.74, 6) is 0.953. The molecule has 0 spiro atoms. The van der Waals surface area contributed by atoms with Crippen LogP contribution < -0.4 is 5.32 Å². The Morgan fingerprint density at radius 1 is 1.30 bits per heavy atom. The molecule has 0 radical (unpaired) electrons. The van der Waals surface area contributed by atoms with E-state index in [0.717, 1.165) is 21.8 Å². The number of thiophene rings is 1. The zero-order valence-corrected chi connectivity index (χ0v) is 19.7. The van der Waals surface area contributed by atoms with E-state index in [2.05, 4.69) is 16.4 Å². The van der Waals surface area contributed by atoms with Gasteiger partial charge in [-0.15, -0.1) is 11.3 Å². The van der Waals surface area contributed by atoms with E-state index in [1.165, 1.54) is 11.3 Å². The molecule has 0 fully saturated rings. The van der Waals surface area contributed by atoms with Crippen molar-refractivity contribution in [3.8, 4) is 6.07 Å². The molecule has 0 saturated carbocycles. The highest BCUT2D eigenvalue weighted by Gasteiger charge is 2.27. The first-order chi connectivity index (χ1) is 16.0. The maximum atomic E-state index is 12.8. The Hall–Kier alpha value is -3.44. The third kappa shape index (κ3) is 5.15. The number of aryl methyl sites for hydroxylation is 2. The Kier molecular flexibility index (Phi) is 6.90. The first-order valence-corrected chi connectivity index (χ1v) is 11.9. The summed E-state index contributed by atoms with van der Waals surface area (Å²) in [5, 5.41) is 13.3. The number of hydrogen-bond acceptors (Lipinski definition) is 5. The molecule has 0 saturated heterocycles. The molecule has 33 heavy (non-hydrogen) atoms. The van der Waals surface area contributed by atoms with Gasteiger partial charge in [-0.05, 0) is 30.4 Å². The Morgan fingerprint density at radius 3 is 2.79 bits per heavy atom. The van der Waals surface area contributed by atoms with Crippen molar-refractivity contribution in [3.63, 3.8) is 0 Å². The summed E-state index contributed by atoms with van der Waals surface area (Å²) in [4.78, 5) is 32.5. The number of imidazole rings is 1. The van der Waals surface area contributed by atoms with Crippen molar-refractivity contribution in [2.45, 2.75) is 52.1 Å². The first kappa shape index (κ1) is 22.7. The molecule has 1 aliphatic heterocycles. The molecule has 1 N–H and O–H groups in total. The largest absolute Gasteiger partial charge is 0.337 e. The van der Waals surface area contributed by atoms with Gasteiger partial charge in [-0.2, -0.15) is 5.26 Å². The van der Waals surface area contributed by atoms with Gasteiger partial charge >= 0.3 is 0 Å². The topological polar surface area (TPSA) is 91.0 Å². The van der Waals surface area contributed by atoms with Crippen LogP contribution in [-0.2, 0) is 29.1 Å². The standard InChI is InChI=1S/C25H27N5O2S/c1-17(19-6-4-3-5-7-19)14-23(31)28-25-21(15-26)20-8-11-30(16-22(20)33-25)24(32)9-12-29-13-10-27-18(29)2/h3-7,10,13,17H,8-9,11-12,14,16H2,1-2H3,(H,28,31)/t17-/m1/s1. The third-order valence-corrected chi connectivity index (χ3v) is 7.26. The van der Waals surface area contributed by atoms with Crippen molar-refractivity contribution >= 4 is 28.2 Å². The number of anilines is 1. The number of rotatable bonds is 7. The zero-order valence-electron chi connectivity index (χ0n) is 18.9. The van der Waals surface area contributed by atoms with E-state index in [-0.39, 0.29) is 17.7 Å². The monoisotopic (exact) mass is 461 g/mol. The van der Waals surface area contributed by atoms with Crippen molar-refractivity contribution in [2.24, 2.45) is 0 Å². The number of nitrogens with zero attached hydrogens (tertiary/aromatic N) is 4. The molecule has 3 heterocycles. The molecule has 8 heteroatoms. The van der Waals surface area contributed by atoms with E-state index >= 15 is 0 Å². The highest BCUT2D eigenvalue weighted by molar-refractivity contribution is 7.16. The second-order valence-electron chi connectivity index (χ2n) is 8.37. The molecule has 1 atom stereocenters. The second kappa shape index (κ2) is 10.0. The number of aromatic nitrogens is 2. The summed E-state index contributed by atoms with van der Waals surface area (Å²) in [5.41, 5.74) is 2.61. The Morgan fingerprint density at radius 2 is 2.09 bits per heavy atom. The Labute approximate surface area is 197 Å². The number of carbonyl (C=O) groups excluding carboxylic acids is 2. The van der Waals surface area contributed by atoms with Crippen LogP contribution in [-0.4, -0.2) is 32.8 Å². The molecule has 1 aliphatic rings. The lowest BCUT2D eigenvalue weighted by molar-refractivity contribution is -0.132. The van der Waals surface area contributed by atoms with Crippen molar-refractivity contribution in [3.05, 3.63) is 70.1 Å². The molecular formula is C25H27N5O2S. The Bertz CT molecular complexity index is 1190. The molecule has 2 aromatic heterocycles. The Balaban J connectivity index is 1.40. The van der Waals surface area contributed by atoms with Gasteiger partial charge in [-0.1, -0.05) is 37.3 Å². The third-order valence-electron chi connectivity index (χ3n) is 6.12. The second-order valence-corrected chi connectivity index (χ2v) is 9.47. The van der Waals surface area contributed by atoms with Crippen LogP contribution in [0.15, 0.2) is 42.7 Å². The van der Waals surface area contributed by atoms with E-state index in [9.17, 15) is 14.9 Å². The molecule has 0 aliphatic carbocycles. The van der Waals surface area contributed by atoms with E-state index in [4.69, 9.17) is 0 Å². The number of hydrogen-bond donors (Lipinski definition) is 1. The summed E-state index contributed by atoms with van der Waals surface area (Å²) in [6.07, 6.45) is 4.99. The highest BCUT2D eigenvalue weighted by Crippen LogP contribution is 2.37. The van der Waals surface area contributed by atoms with E-state index < -0.39 is 0 Å². The van der Waals surface area contributed by atoms with E-state index in [1.807, 2.05) is 59.8 Å². The minimum Gasteiger partial charge on any atom is -0.337 e. The van der Waals surface area contributed by atoms with Crippen LogP contribution in [0.3, 0.4) is 0 Å². The van der Waals surface area contributed by atoms with Gasteiger partial charge in [0.2, 0.25) is 11.8 Å². The lowest BCUT2D eigenvalue weighted by Gasteiger charge is -2.27. The van der Waals surface area contributed by atoms with Crippen LogP contribution in [0, 0.1) is 18.3 Å². The fraction of sp³-hybridized carbons (Fsp3) is 0.360. The molecule has 3 aromatic rings. The van der Waals surface area contributed by atoms with Gasteiger partial charge in [-0.25, -0.2) is 4.98 Å². The fourth-order valence-electron chi connectivity index (χ4n) is 4.19. The molecular weight excluding hydrogens is 434 g/mol. The van der Waals surface area contributed by atoms with Crippen LogP contribution in [0.25, 0.3) is 0 Å². The predicted octanol–water partition coefficient (Wildman–Crippen LogP) is 4.23. The summed E-state index contributed by atoms with van der Waals surface area (Å²) in [7, 11) is 0. The quantitative estimate of drug-likeness (QED) is 0.570. The van der Waals surface area contributed by atoms with Crippen molar-refractivity contribution in [1.82, 2.24) is 14.5 Å². The normalized spacial score (nSPS) is 13.8. The number of nitriles is 1. The SMILES string of the molecule is Cc1nccn1CCC(=O)N1CCc2c(sc(NC(=O)C[C@@H](C)c3ccccc3)c2C#N)C1. The van der Waals surface area contributed by atoms with Gasteiger partial charge in [0.25, 0.3) is 0 Å². The van der Waals surface area contributed by atoms with Crippen LogP contribution in [0.4, 0.5) is 5.00 Å². The van der Waals surface area contributed by atoms with Crippen molar-refractivity contribution < 1.29 is 9.59 Å². The van der Waals surface area contributed by atoms with Crippen LogP contribution >= 0.6 is 11.3 Å². The van der Waals surface area contributed by atoms with Crippen LogP contribution in [0.1, 0.15) is 53.1 Å². The van der Waals surface area contributed by atoms with Gasteiger partial charge < -0.3 is 14.8 Å². The molecule has 0 bridgehead atoms. The fourth-order valence-corrected chi connectivity index (χ4v) is 5.42.